The minimum absolute atomic E-state index is 0.111. The molecule has 1 aliphatic rings. The van der Waals surface area contributed by atoms with Gasteiger partial charge in [-0.1, -0.05) is 0 Å². The van der Waals surface area contributed by atoms with Gasteiger partial charge in [-0.3, -0.25) is 23.7 Å². The molecule has 13 nitrogen and oxygen atoms in total. The van der Waals surface area contributed by atoms with Gasteiger partial charge in [0.1, 0.15) is 18.3 Å². The lowest BCUT2D eigenvalue weighted by Crippen LogP contribution is -2.40. The number of phosphoric ester groups is 1. The van der Waals surface area contributed by atoms with Gasteiger partial charge in [0.15, 0.2) is 6.23 Å². The van der Waals surface area contributed by atoms with Crippen molar-refractivity contribution in [1.29, 1.82) is 0 Å². The van der Waals surface area contributed by atoms with Crippen molar-refractivity contribution in [2.24, 2.45) is 5.73 Å². The monoisotopic (exact) mass is 395 g/mol. The number of aliphatic hydroxyl groups is 1. The highest BCUT2D eigenvalue weighted by atomic mass is 31.2. The third-order valence-electron chi connectivity index (χ3n) is 3.67. The molecule has 0 unspecified atom stereocenters. The predicted octanol–water partition coefficient (Wildman–Crippen LogP) is -3.05. The molecule has 2 rings (SSSR count). The number of rotatable bonds is 7. The summed E-state index contributed by atoms with van der Waals surface area (Å²) in [6.07, 6.45) is -4.39. The smallest absolute Gasteiger partial charge is 0.387 e. The van der Waals surface area contributed by atoms with Crippen LogP contribution in [0.25, 0.3) is 0 Å². The highest BCUT2D eigenvalue weighted by Gasteiger charge is 2.46. The van der Waals surface area contributed by atoms with Gasteiger partial charge in [-0.05, 0) is 0 Å². The predicted molar refractivity (Wildman–Crippen MR) is 82.9 cm³/mol. The van der Waals surface area contributed by atoms with Gasteiger partial charge in [0, 0.05) is 18.9 Å². The lowest BCUT2D eigenvalue weighted by Gasteiger charge is -2.20. The molecule has 2 heterocycles. The molecule has 1 fully saturated rings. The van der Waals surface area contributed by atoms with E-state index in [0.29, 0.717) is 0 Å². The first-order valence-electron chi connectivity index (χ1n) is 7.22. The van der Waals surface area contributed by atoms with Gasteiger partial charge in [-0.25, -0.2) is 9.36 Å². The zero-order valence-corrected chi connectivity index (χ0v) is 14.4. The van der Waals surface area contributed by atoms with Crippen LogP contribution in [0.5, 0.6) is 0 Å². The lowest BCUT2D eigenvalue weighted by molar-refractivity contribution is -0.117. The molecular formula is C12H18N3O10P. The van der Waals surface area contributed by atoms with Crippen LogP contribution >= 0.6 is 7.82 Å². The fourth-order valence-corrected chi connectivity index (χ4v) is 2.88. The van der Waals surface area contributed by atoms with Crippen LogP contribution in [0.2, 0.25) is 0 Å². The molecule has 4 atom stereocenters. The number of aromatic amines is 1. The Labute approximate surface area is 145 Å². The number of primary amides is 1. The van der Waals surface area contributed by atoms with Gasteiger partial charge in [0.2, 0.25) is 5.91 Å². The Kier molecular flexibility index (Phi) is 6.13. The fourth-order valence-electron chi connectivity index (χ4n) is 2.54. The molecule has 1 amide bonds. The molecule has 0 radical (unpaired) electrons. The van der Waals surface area contributed by atoms with E-state index < -0.39 is 62.5 Å². The maximum absolute atomic E-state index is 12.1. The van der Waals surface area contributed by atoms with Gasteiger partial charge < -0.3 is 30.1 Å². The number of H-pyrrole nitrogens is 1. The first kappa shape index (κ1) is 20.5. The van der Waals surface area contributed by atoms with Crippen molar-refractivity contribution in [1.82, 2.24) is 9.55 Å². The first-order chi connectivity index (χ1) is 12.0. The Balaban J connectivity index is 2.34. The molecule has 14 heteroatoms. The lowest BCUT2D eigenvalue weighted by atomic mass is 10.1. The van der Waals surface area contributed by atoms with E-state index in [1.165, 1.54) is 7.11 Å². The first-order valence-corrected chi connectivity index (χ1v) is 8.75. The van der Waals surface area contributed by atoms with Gasteiger partial charge in [-0.15, -0.1) is 0 Å². The number of aromatic nitrogens is 2. The standard InChI is InChI=1S/C12H18N3O10P/c1-23-9-8(17)6(4-24-26(20,21)22)25-11(9)15-3-5(2-7(13)16)10(18)14-12(15)19/h3,6,8-9,11,17H,2,4H2,1H3,(H2,13,16)(H,14,18,19)(H2,20,21,22)/t6-,8-,9-,11-/m1/s1. The number of amides is 1. The molecule has 1 aliphatic heterocycles. The van der Waals surface area contributed by atoms with Crippen LogP contribution in [0.15, 0.2) is 15.8 Å². The summed E-state index contributed by atoms with van der Waals surface area (Å²) in [6.45, 7) is -0.673. The van der Waals surface area contributed by atoms with E-state index in [9.17, 15) is 24.1 Å². The summed E-state index contributed by atoms with van der Waals surface area (Å²) >= 11 is 0. The summed E-state index contributed by atoms with van der Waals surface area (Å²) in [5, 5.41) is 10.2. The summed E-state index contributed by atoms with van der Waals surface area (Å²) in [6, 6.07) is 0. The minimum Gasteiger partial charge on any atom is -0.387 e. The summed E-state index contributed by atoms with van der Waals surface area (Å²) in [7, 11) is -3.58. The number of carbonyl (C=O) groups is 1. The Morgan fingerprint density at radius 1 is 1.46 bits per heavy atom. The molecule has 1 saturated heterocycles. The summed E-state index contributed by atoms with van der Waals surface area (Å²) in [4.78, 5) is 54.3. The molecule has 0 aliphatic carbocycles. The molecule has 0 spiro atoms. The number of ether oxygens (including phenoxy) is 2. The van der Waals surface area contributed by atoms with Gasteiger partial charge >= 0.3 is 13.5 Å². The quantitative estimate of drug-likeness (QED) is 0.295. The van der Waals surface area contributed by atoms with E-state index in [-0.39, 0.29) is 5.56 Å². The van der Waals surface area contributed by atoms with Crippen LogP contribution in [-0.2, 0) is 29.8 Å². The zero-order valence-electron chi connectivity index (χ0n) is 13.5. The summed E-state index contributed by atoms with van der Waals surface area (Å²) in [5.41, 5.74) is 3.23. The van der Waals surface area contributed by atoms with Crippen molar-refractivity contribution >= 4 is 13.7 Å². The molecule has 1 aromatic heterocycles. The van der Waals surface area contributed by atoms with Crippen molar-refractivity contribution in [2.45, 2.75) is 31.0 Å². The van der Waals surface area contributed by atoms with Gasteiger partial charge in [0.05, 0.1) is 13.0 Å². The number of aliphatic hydroxyl groups excluding tert-OH is 1. The second kappa shape index (κ2) is 7.80. The zero-order chi connectivity index (χ0) is 19.6. The van der Waals surface area contributed by atoms with Gasteiger partial charge in [-0.2, -0.15) is 0 Å². The number of hydrogen-bond acceptors (Lipinski definition) is 8. The van der Waals surface area contributed by atoms with Crippen LogP contribution < -0.4 is 17.0 Å². The number of nitrogens with zero attached hydrogens (tertiary/aromatic N) is 1. The third-order valence-corrected chi connectivity index (χ3v) is 4.16. The number of nitrogens with one attached hydrogen (secondary N) is 1. The van der Waals surface area contributed by atoms with E-state index >= 15 is 0 Å². The van der Waals surface area contributed by atoms with Crippen molar-refractivity contribution in [3.8, 4) is 0 Å². The highest BCUT2D eigenvalue weighted by Crippen LogP contribution is 2.38. The van der Waals surface area contributed by atoms with Crippen LogP contribution in [0.4, 0.5) is 0 Å². The second-order valence-electron chi connectivity index (χ2n) is 5.51. The Bertz CT molecular complexity index is 829. The highest BCUT2D eigenvalue weighted by molar-refractivity contribution is 7.46. The maximum atomic E-state index is 12.1. The fraction of sp³-hybridized carbons (Fsp3) is 0.583. The molecule has 26 heavy (non-hydrogen) atoms. The van der Waals surface area contributed by atoms with Crippen molar-refractivity contribution < 1.29 is 38.3 Å². The minimum atomic E-state index is -4.80. The van der Waals surface area contributed by atoms with Crippen LogP contribution in [-0.4, -0.2) is 62.4 Å². The van der Waals surface area contributed by atoms with Crippen molar-refractivity contribution in [3.05, 3.63) is 32.6 Å². The number of methoxy groups -OCH3 is 1. The van der Waals surface area contributed by atoms with E-state index in [1.807, 2.05) is 4.98 Å². The molecule has 6 N–H and O–H groups in total. The second-order valence-corrected chi connectivity index (χ2v) is 6.75. The molecule has 0 bridgehead atoms. The third kappa shape index (κ3) is 4.65. The molecule has 0 aromatic carbocycles. The van der Waals surface area contributed by atoms with Gasteiger partial charge in [0.25, 0.3) is 5.56 Å². The summed E-state index contributed by atoms with van der Waals surface area (Å²) in [5.74, 6) is -0.802. The SMILES string of the molecule is CO[C@@H]1[C@H](O)[C@@H](COP(=O)(O)O)O[C@H]1n1cc(CC(N)=O)c(=O)[nH]c1=O. The average Bonchev–Trinajstić information content (AvgIpc) is 2.82. The van der Waals surface area contributed by atoms with Crippen LogP contribution in [0.3, 0.4) is 0 Å². The topological polar surface area (TPSA) is 203 Å². The van der Waals surface area contributed by atoms with E-state index in [0.717, 1.165) is 10.8 Å². The molecule has 0 saturated carbocycles. The summed E-state index contributed by atoms with van der Waals surface area (Å²) < 4.78 is 26.5. The Morgan fingerprint density at radius 2 is 2.12 bits per heavy atom. The normalized spacial score (nSPS) is 26.2. The molecular weight excluding hydrogens is 377 g/mol. The van der Waals surface area contributed by atoms with Crippen LogP contribution in [0.1, 0.15) is 11.8 Å². The van der Waals surface area contributed by atoms with Crippen molar-refractivity contribution in [3.63, 3.8) is 0 Å². The number of hydrogen-bond donors (Lipinski definition) is 5. The molecule has 1 aromatic rings. The van der Waals surface area contributed by atoms with E-state index in [4.69, 9.17) is 25.0 Å². The number of nitrogens with two attached hydrogens (primary N) is 1. The molecule has 146 valence electrons. The Morgan fingerprint density at radius 3 is 2.65 bits per heavy atom. The van der Waals surface area contributed by atoms with E-state index in [1.54, 1.807) is 0 Å². The van der Waals surface area contributed by atoms with E-state index in [2.05, 4.69) is 4.52 Å². The van der Waals surface area contributed by atoms with Crippen LogP contribution in [0, 0.1) is 0 Å². The average molecular weight is 395 g/mol. The number of phosphoric acid groups is 1. The maximum Gasteiger partial charge on any atom is 0.469 e. The van der Waals surface area contributed by atoms with Crippen molar-refractivity contribution in [2.75, 3.05) is 13.7 Å². The Hall–Kier alpha value is -1.86. The largest absolute Gasteiger partial charge is 0.469 e. The number of carbonyl (C=O) groups excluding carboxylic acids is 1.